The highest BCUT2D eigenvalue weighted by Gasteiger charge is 2.14. The van der Waals surface area contributed by atoms with Crippen LogP contribution in [0.1, 0.15) is 25.7 Å². The van der Waals surface area contributed by atoms with E-state index in [0.29, 0.717) is 12.6 Å². The normalized spacial score (nSPS) is 22.4. The Kier molecular flexibility index (Phi) is 3.83. The third-order valence-corrected chi connectivity index (χ3v) is 2.33. The highest BCUT2D eigenvalue weighted by Crippen LogP contribution is 2.17. The minimum atomic E-state index is 0.135. The molecule has 0 heterocycles. The Balaban J connectivity index is 2.01. The Morgan fingerprint density at radius 3 is 2.55 bits per heavy atom. The molecule has 0 saturated heterocycles. The molecule has 0 aromatic heterocycles. The van der Waals surface area contributed by atoms with Gasteiger partial charge >= 0.3 is 0 Å². The molecule has 0 bridgehead atoms. The predicted molar refractivity (Wildman–Crippen MR) is 47.3 cm³/mol. The zero-order chi connectivity index (χ0) is 8.10. The Hall–Kier alpha value is -0.120. The summed E-state index contributed by atoms with van der Waals surface area (Å²) >= 11 is 0. The molecule has 3 nitrogen and oxygen atoms in total. The van der Waals surface area contributed by atoms with E-state index in [1.54, 1.807) is 0 Å². The molecule has 1 unspecified atom stereocenters. The molecule has 1 fully saturated rings. The molecule has 66 valence electrons. The van der Waals surface area contributed by atoms with Crippen LogP contribution < -0.4 is 16.8 Å². The molecule has 1 saturated carbocycles. The van der Waals surface area contributed by atoms with Crippen LogP contribution in [0.25, 0.3) is 0 Å². The van der Waals surface area contributed by atoms with Crippen LogP contribution in [0.3, 0.4) is 0 Å². The molecule has 3 heteroatoms. The maximum absolute atomic E-state index is 5.66. The SMILES string of the molecule is NCC(N)CNC1CCCC1. The largest absolute Gasteiger partial charge is 0.329 e. The highest BCUT2D eigenvalue weighted by molar-refractivity contribution is 4.76. The first-order valence-corrected chi connectivity index (χ1v) is 4.52. The molecule has 1 rings (SSSR count). The van der Waals surface area contributed by atoms with Gasteiger partial charge in [-0.1, -0.05) is 12.8 Å². The van der Waals surface area contributed by atoms with E-state index in [4.69, 9.17) is 11.5 Å². The van der Waals surface area contributed by atoms with E-state index in [9.17, 15) is 0 Å². The van der Waals surface area contributed by atoms with Gasteiger partial charge in [-0.05, 0) is 12.8 Å². The highest BCUT2D eigenvalue weighted by atomic mass is 14.9. The van der Waals surface area contributed by atoms with Gasteiger partial charge in [0.05, 0.1) is 0 Å². The molecule has 5 N–H and O–H groups in total. The van der Waals surface area contributed by atoms with Crippen molar-refractivity contribution < 1.29 is 0 Å². The van der Waals surface area contributed by atoms with Gasteiger partial charge in [-0.25, -0.2) is 0 Å². The molecule has 0 aromatic carbocycles. The topological polar surface area (TPSA) is 64.1 Å². The zero-order valence-corrected chi connectivity index (χ0v) is 7.05. The van der Waals surface area contributed by atoms with Crippen molar-refractivity contribution in [2.45, 2.75) is 37.8 Å². The molecule has 0 aromatic rings. The first-order valence-electron chi connectivity index (χ1n) is 4.52. The van der Waals surface area contributed by atoms with Gasteiger partial charge in [0, 0.05) is 25.2 Å². The van der Waals surface area contributed by atoms with E-state index >= 15 is 0 Å². The zero-order valence-electron chi connectivity index (χ0n) is 7.05. The molecule has 0 aliphatic heterocycles. The van der Waals surface area contributed by atoms with Gasteiger partial charge in [0.25, 0.3) is 0 Å². The van der Waals surface area contributed by atoms with E-state index in [2.05, 4.69) is 5.32 Å². The van der Waals surface area contributed by atoms with Gasteiger partial charge in [-0.15, -0.1) is 0 Å². The fourth-order valence-corrected chi connectivity index (χ4v) is 1.53. The van der Waals surface area contributed by atoms with Crippen LogP contribution in [-0.4, -0.2) is 25.2 Å². The van der Waals surface area contributed by atoms with Gasteiger partial charge in [0.15, 0.2) is 0 Å². The minimum absolute atomic E-state index is 0.135. The summed E-state index contributed by atoms with van der Waals surface area (Å²) in [6.45, 7) is 1.46. The monoisotopic (exact) mass is 157 g/mol. The third kappa shape index (κ3) is 3.18. The average Bonchev–Trinajstić information content (AvgIpc) is 2.52. The second kappa shape index (κ2) is 4.70. The van der Waals surface area contributed by atoms with Crippen LogP contribution in [0.5, 0.6) is 0 Å². The molecule has 1 aliphatic carbocycles. The second-order valence-corrected chi connectivity index (χ2v) is 3.39. The summed E-state index contributed by atoms with van der Waals surface area (Å²) in [4.78, 5) is 0. The van der Waals surface area contributed by atoms with Crippen LogP contribution in [-0.2, 0) is 0 Å². The van der Waals surface area contributed by atoms with Crippen molar-refractivity contribution in [2.24, 2.45) is 11.5 Å². The van der Waals surface area contributed by atoms with Crippen molar-refractivity contribution in [2.75, 3.05) is 13.1 Å². The van der Waals surface area contributed by atoms with Crippen LogP contribution >= 0.6 is 0 Å². The van der Waals surface area contributed by atoms with Crippen LogP contribution in [0.15, 0.2) is 0 Å². The third-order valence-electron chi connectivity index (χ3n) is 2.33. The predicted octanol–water partition coefficient (Wildman–Crippen LogP) is -0.195. The van der Waals surface area contributed by atoms with Crippen molar-refractivity contribution in [1.29, 1.82) is 0 Å². The van der Waals surface area contributed by atoms with Crippen molar-refractivity contribution >= 4 is 0 Å². The summed E-state index contributed by atoms with van der Waals surface area (Å²) in [6.07, 6.45) is 5.37. The molecule has 11 heavy (non-hydrogen) atoms. The van der Waals surface area contributed by atoms with Crippen molar-refractivity contribution in [3.8, 4) is 0 Å². The summed E-state index contributed by atoms with van der Waals surface area (Å²) in [5, 5.41) is 3.43. The second-order valence-electron chi connectivity index (χ2n) is 3.39. The first-order chi connectivity index (χ1) is 5.33. The lowest BCUT2D eigenvalue weighted by molar-refractivity contribution is 0.488. The first kappa shape index (κ1) is 8.97. The Labute approximate surface area is 68.5 Å². The number of rotatable bonds is 4. The molecule has 0 amide bonds. The van der Waals surface area contributed by atoms with Gasteiger partial charge in [0.1, 0.15) is 0 Å². The van der Waals surface area contributed by atoms with E-state index < -0.39 is 0 Å². The summed E-state index contributed by atoms with van der Waals surface area (Å²) in [7, 11) is 0. The Bertz CT molecular complexity index is 99.5. The summed E-state index contributed by atoms with van der Waals surface area (Å²) in [6, 6.07) is 0.850. The maximum atomic E-state index is 5.66. The average molecular weight is 157 g/mol. The van der Waals surface area contributed by atoms with Gasteiger partial charge in [0.2, 0.25) is 0 Å². The number of nitrogens with one attached hydrogen (secondary N) is 1. The molecular formula is C8H19N3. The molecule has 1 atom stereocenters. The van der Waals surface area contributed by atoms with Gasteiger partial charge in [-0.3, -0.25) is 0 Å². The number of hydrogen-bond acceptors (Lipinski definition) is 3. The van der Waals surface area contributed by atoms with E-state index in [1.165, 1.54) is 25.7 Å². The fourth-order valence-electron chi connectivity index (χ4n) is 1.53. The summed E-state index contributed by atoms with van der Waals surface area (Å²) in [5.74, 6) is 0. The standard InChI is InChI=1S/C8H19N3/c9-5-7(10)6-11-8-3-1-2-4-8/h7-8,11H,1-6,9-10H2. The quantitative estimate of drug-likeness (QED) is 0.530. The van der Waals surface area contributed by atoms with Crippen molar-refractivity contribution in [1.82, 2.24) is 5.32 Å². The van der Waals surface area contributed by atoms with E-state index in [0.717, 1.165) is 6.54 Å². The van der Waals surface area contributed by atoms with Crippen molar-refractivity contribution in [3.63, 3.8) is 0 Å². The minimum Gasteiger partial charge on any atom is -0.329 e. The van der Waals surface area contributed by atoms with Crippen LogP contribution in [0.4, 0.5) is 0 Å². The molecular weight excluding hydrogens is 138 g/mol. The lowest BCUT2D eigenvalue weighted by Crippen LogP contribution is -2.42. The Morgan fingerprint density at radius 2 is 2.00 bits per heavy atom. The smallest absolute Gasteiger partial charge is 0.0290 e. The Morgan fingerprint density at radius 1 is 1.36 bits per heavy atom. The number of hydrogen-bond donors (Lipinski definition) is 3. The van der Waals surface area contributed by atoms with Crippen LogP contribution in [0, 0.1) is 0 Å². The lowest BCUT2D eigenvalue weighted by Gasteiger charge is -2.14. The molecule has 0 radical (unpaired) electrons. The summed E-state index contributed by atoms with van der Waals surface area (Å²) in [5.41, 5.74) is 11.1. The van der Waals surface area contributed by atoms with Gasteiger partial charge in [-0.2, -0.15) is 0 Å². The van der Waals surface area contributed by atoms with E-state index in [1.807, 2.05) is 0 Å². The van der Waals surface area contributed by atoms with Crippen LogP contribution in [0.2, 0.25) is 0 Å². The number of nitrogens with two attached hydrogens (primary N) is 2. The van der Waals surface area contributed by atoms with E-state index in [-0.39, 0.29) is 6.04 Å². The fraction of sp³-hybridized carbons (Fsp3) is 1.00. The lowest BCUT2D eigenvalue weighted by atomic mass is 10.2. The molecule has 1 aliphatic rings. The van der Waals surface area contributed by atoms with Crippen molar-refractivity contribution in [3.05, 3.63) is 0 Å². The maximum Gasteiger partial charge on any atom is 0.0290 e. The molecule has 0 spiro atoms. The van der Waals surface area contributed by atoms with Gasteiger partial charge < -0.3 is 16.8 Å². The summed E-state index contributed by atoms with van der Waals surface area (Å²) < 4.78 is 0.